The van der Waals surface area contributed by atoms with Gasteiger partial charge in [0.05, 0.1) is 6.54 Å². The standard InChI is InChI=1S/C20H35N3O3/c1-5-6-7-8-9-10-11-12-20(25)23(14-16(2)3)15-19(24)21-18-13-17(4)26-22-18/h13,16H,5-12,14-15H2,1-4H3,(H,21,22,24). The molecule has 1 N–H and O–H groups in total. The molecule has 0 saturated heterocycles. The summed E-state index contributed by atoms with van der Waals surface area (Å²) >= 11 is 0. The molecule has 0 aromatic carbocycles. The number of anilines is 1. The van der Waals surface area contributed by atoms with Crippen molar-refractivity contribution in [1.29, 1.82) is 0 Å². The molecule has 0 unspecified atom stereocenters. The Bertz CT molecular complexity index is 540. The first-order chi connectivity index (χ1) is 12.4. The lowest BCUT2D eigenvalue weighted by atomic mass is 10.1. The zero-order valence-electron chi connectivity index (χ0n) is 16.8. The number of carbonyl (C=O) groups excluding carboxylic acids is 2. The number of rotatable bonds is 13. The van der Waals surface area contributed by atoms with Crippen LogP contribution in [-0.4, -0.2) is 35.0 Å². The van der Waals surface area contributed by atoms with Crippen molar-refractivity contribution in [1.82, 2.24) is 10.1 Å². The summed E-state index contributed by atoms with van der Waals surface area (Å²) in [5.74, 6) is 1.14. The van der Waals surface area contributed by atoms with Gasteiger partial charge in [-0.05, 0) is 19.3 Å². The van der Waals surface area contributed by atoms with Crippen LogP contribution in [0.15, 0.2) is 10.6 Å². The van der Waals surface area contributed by atoms with Gasteiger partial charge >= 0.3 is 0 Å². The van der Waals surface area contributed by atoms with Crippen LogP contribution in [0.25, 0.3) is 0 Å². The highest BCUT2D eigenvalue weighted by atomic mass is 16.5. The molecule has 0 radical (unpaired) electrons. The van der Waals surface area contributed by atoms with Crippen LogP contribution in [0.3, 0.4) is 0 Å². The molecule has 0 aliphatic rings. The predicted octanol–water partition coefficient (Wildman–Crippen LogP) is 4.55. The Kier molecular flexibility index (Phi) is 10.7. The van der Waals surface area contributed by atoms with E-state index in [4.69, 9.17) is 4.52 Å². The minimum Gasteiger partial charge on any atom is -0.360 e. The van der Waals surface area contributed by atoms with Crippen LogP contribution < -0.4 is 5.32 Å². The summed E-state index contributed by atoms with van der Waals surface area (Å²) in [6.45, 7) is 8.71. The van der Waals surface area contributed by atoms with E-state index in [2.05, 4.69) is 17.4 Å². The monoisotopic (exact) mass is 365 g/mol. The van der Waals surface area contributed by atoms with Crippen LogP contribution in [0, 0.1) is 12.8 Å². The molecule has 1 aromatic heterocycles. The van der Waals surface area contributed by atoms with Crippen molar-refractivity contribution in [3.63, 3.8) is 0 Å². The molecule has 26 heavy (non-hydrogen) atoms. The Morgan fingerprint density at radius 3 is 2.38 bits per heavy atom. The van der Waals surface area contributed by atoms with Gasteiger partial charge in [0.25, 0.3) is 0 Å². The van der Waals surface area contributed by atoms with Crippen LogP contribution in [0.4, 0.5) is 5.82 Å². The van der Waals surface area contributed by atoms with Crippen molar-refractivity contribution >= 4 is 17.6 Å². The van der Waals surface area contributed by atoms with E-state index in [1.807, 2.05) is 13.8 Å². The number of hydrogen-bond donors (Lipinski definition) is 1. The SMILES string of the molecule is CCCCCCCCCC(=O)N(CC(=O)Nc1cc(C)on1)CC(C)C. The van der Waals surface area contributed by atoms with E-state index >= 15 is 0 Å². The fraction of sp³-hybridized carbons (Fsp3) is 0.750. The molecule has 1 rings (SSSR count). The Hall–Kier alpha value is -1.85. The third kappa shape index (κ3) is 9.59. The van der Waals surface area contributed by atoms with Gasteiger partial charge in [0.2, 0.25) is 11.8 Å². The molecular formula is C20H35N3O3. The quantitative estimate of drug-likeness (QED) is 0.520. The Labute approximate surface area is 157 Å². The second-order valence-electron chi connectivity index (χ2n) is 7.41. The minimum absolute atomic E-state index is 0.0544. The normalized spacial score (nSPS) is 11.0. The largest absolute Gasteiger partial charge is 0.360 e. The van der Waals surface area contributed by atoms with Gasteiger partial charge in [-0.2, -0.15) is 0 Å². The number of unbranched alkanes of at least 4 members (excludes halogenated alkanes) is 6. The minimum atomic E-state index is -0.244. The first-order valence-electron chi connectivity index (χ1n) is 9.93. The molecular weight excluding hydrogens is 330 g/mol. The predicted molar refractivity (Wildman–Crippen MR) is 104 cm³/mol. The molecule has 0 fully saturated rings. The van der Waals surface area contributed by atoms with E-state index in [-0.39, 0.29) is 18.4 Å². The zero-order valence-corrected chi connectivity index (χ0v) is 16.8. The maximum atomic E-state index is 12.5. The van der Waals surface area contributed by atoms with E-state index < -0.39 is 0 Å². The van der Waals surface area contributed by atoms with Gasteiger partial charge in [-0.1, -0.05) is 64.5 Å². The number of hydrogen-bond acceptors (Lipinski definition) is 4. The second-order valence-corrected chi connectivity index (χ2v) is 7.41. The van der Waals surface area contributed by atoms with Crippen molar-refractivity contribution < 1.29 is 14.1 Å². The molecule has 2 amide bonds. The highest BCUT2D eigenvalue weighted by Gasteiger charge is 2.18. The fourth-order valence-corrected chi connectivity index (χ4v) is 2.87. The molecule has 1 aromatic rings. The van der Waals surface area contributed by atoms with Crippen LogP contribution >= 0.6 is 0 Å². The number of nitrogens with one attached hydrogen (secondary N) is 1. The van der Waals surface area contributed by atoms with Gasteiger partial charge in [0, 0.05) is 19.0 Å². The van der Waals surface area contributed by atoms with Crippen molar-refractivity contribution in [2.24, 2.45) is 5.92 Å². The summed E-state index contributed by atoms with van der Waals surface area (Å²) in [5.41, 5.74) is 0. The van der Waals surface area contributed by atoms with Crippen molar-refractivity contribution in [2.75, 3.05) is 18.4 Å². The first-order valence-corrected chi connectivity index (χ1v) is 9.93. The summed E-state index contributed by atoms with van der Waals surface area (Å²) in [4.78, 5) is 26.4. The van der Waals surface area contributed by atoms with E-state index in [1.165, 1.54) is 32.1 Å². The summed E-state index contributed by atoms with van der Waals surface area (Å²) in [7, 11) is 0. The van der Waals surface area contributed by atoms with Crippen molar-refractivity contribution in [2.45, 2.75) is 79.1 Å². The average molecular weight is 366 g/mol. The van der Waals surface area contributed by atoms with E-state index in [1.54, 1.807) is 17.9 Å². The van der Waals surface area contributed by atoms with E-state index in [0.29, 0.717) is 30.5 Å². The maximum absolute atomic E-state index is 12.5. The molecule has 0 atom stereocenters. The van der Waals surface area contributed by atoms with Crippen LogP contribution in [0.2, 0.25) is 0 Å². The number of aryl methyl sites for hydroxylation is 1. The third-order valence-corrected chi connectivity index (χ3v) is 4.16. The van der Waals surface area contributed by atoms with Crippen LogP contribution in [0.1, 0.15) is 77.9 Å². The van der Waals surface area contributed by atoms with E-state index in [0.717, 1.165) is 12.8 Å². The molecule has 148 valence electrons. The molecule has 0 saturated carbocycles. The summed E-state index contributed by atoms with van der Waals surface area (Å²) < 4.78 is 4.94. The summed E-state index contributed by atoms with van der Waals surface area (Å²) in [5, 5.41) is 6.43. The highest BCUT2D eigenvalue weighted by Crippen LogP contribution is 2.11. The van der Waals surface area contributed by atoms with Gasteiger partial charge in [0.15, 0.2) is 5.82 Å². The van der Waals surface area contributed by atoms with Gasteiger partial charge in [-0.25, -0.2) is 0 Å². The lowest BCUT2D eigenvalue weighted by molar-refractivity contribution is -0.135. The smallest absolute Gasteiger partial charge is 0.245 e. The van der Waals surface area contributed by atoms with Gasteiger partial charge < -0.3 is 14.7 Å². The van der Waals surface area contributed by atoms with Crippen molar-refractivity contribution in [3.8, 4) is 0 Å². The summed E-state index contributed by atoms with van der Waals surface area (Å²) in [6.07, 6.45) is 8.74. The second kappa shape index (κ2) is 12.5. The topological polar surface area (TPSA) is 75.4 Å². The average Bonchev–Trinajstić information content (AvgIpc) is 2.97. The molecule has 0 spiro atoms. The zero-order chi connectivity index (χ0) is 19.4. The Balaban J connectivity index is 2.38. The number of aromatic nitrogens is 1. The first kappa shape index (κ1) is 22.2. The lowest BCUT2D eigenvalue weighted by Gasteiger charge is -2.24. The fourth-order valence-electron chi connectivity index (χ4n) is 2.87. The maximum Gasteiger partial charge on any atom is 0.245 e. The Morgan fingerprint density at radius 2 is 1.81 bits per heavy atom. The third-order valence-electron chi connectivity index (χ3n) is 4.16. The summed E-state index contributed by atoms with van der Waals surface area (Å²) in [6, 6.07) is 1.66. The van der Waals surface area contributed by atoms with Gasteiger partial charge in [-0.3, -0.25) is 9.59 Å². The Morgan fingerprint density at radius 1 is 1.15 bits per heavy atom. The molecule has 0 aliphatic carbocycles. The number of nitrogens with zero attached hydrogens (tertiary/aromatic N) is 2. The molecule has 0 bridgehead atoms. The molecule has 6 nitrogen and oxygen atoms in total. The van der Waals surface area contributed by atoms with Crippen LogP contribution in [-0.2, 0) is 9.59 Å². The van der Waals surface area contributed by atoms with Crippen molar-refractivity contribution in [3.05, 3.63) is 11.8 Å². The molecule has 1 heterocycles. The number of amides is 2. The molecule has 6 heteroatoms. The number of carbonyl (C=O) groups is 2. The lowest BCUT2D eigenvalue weighted by Crippen LogP contribution is -2.40. The van der Waals surface area contributed by atoms with Gasteiger partial charge in [-0.15, -0.1) is 0 Å². The van der Waals surface area contributed by atoms with E-state index in [9.17, 15) is 9.59 Å². The molecule has 0 aliphatic heterocycles. The van der Waals surface area contributed by atoms with Gasteiger partial charge in [0.1, 0.15) is 5.76 Å². The van der Waals surface area contributed by atoms with Crippen LogP contribution in [0.5, 0.6) is 0 Å². The highest BCUT2D eigenvalue weighted by molar-refractivity contribution is 5.93.